The average molecular weight is 1090 g/mol. The largest absolute Gasteiger partial charge is 0.544 e. The topological polar surface area (TPSA) is 426 Å². The SMILES string of the molecule is CCCCCCCCCCCCCCCCCC(=O)N[C@@H](CO[C@@H]1O[C@H](CO)[C@@H](O[C@@H]2O[C@H](CO)[C@H](O)[C@H](O[C@]3(C(=O)[O-])C[C@H](O)C(NC(C)=O)C([C@H](O)[C@H](O)CO)O3)[C@H]2O)[C@H](O)[C@H]1O)[C@H](O)/C=C/c1ccccn1.[NH4+]. The fourth-order valence-electron chi connectivity index (χ4n) is 9.44. The summed E-state index contributed by atoms with van der Waals surface area (Å²) in [5.74, 6) is -6.60. The predicted octanol–water partition coefficient (Wildman–Crippen LogP) is -1.94. The molecule has 0 radical (unpaired) electrons. The van der Waals surface area contributed by atoms with E-state index in [1.54, 1.807) is 24.4 Å². The number of quaternary nitrogens is 1. The molecule has 3 saturated heterocycles. The van der Waals surface area contributed by atoms with E-state index in [0.717, 1.165) is 32.6 Å². The van der Waals surface area contributed by atoms with Crippen molar-refractivity contribution < 1.29 is 104 Å². The van der Waals surface area contributed by atoms with Crippen LogP contribution < -0.4 is 21.9 Å². The van der Waals surface area contributed by atoms with E-state index in [9.17, 15) is 75.7 Å². The minimum atomic E-state index is -3.20. The quantitative estimate of drug-likeness (QED) is 0.0334. The van der Waals surface area contributed by atoms with Gasteiger partial charge in [-0.15, -0.1) is 0 Å². The average Bonchev–Trinajstić information content (AvgIpc) is 3.39. The molecule has 18 atom stereocenters. The van der Waals surface area contributed by atoms with Crippen molar-refractivity contribution in [1.29, 1.82) is 0 Å². The third-order valence-electron chi connectivity index (χ3n) is 13.8. The molecular weight excluding hydrogens is 1000 g/mol. The van der Waals surface area contributed by atoms with E-state index in [1.807, 2.05) is 0 Å². The highest BCUT2D eigenvalue weighted by Crippen LogP contribution is 2.38. The number of carboxylic acid groups (broad SMARTS) is 1. The van der Waals surface area contributed by atoms with Crippen LogP contribution in [-0.4, -0.2) is 215 Å². The second-order valence-electron chi connectivity index (χ2n) is 19.8. The number of aliphatic hydroxyl groups excluding tert-OH is 11. The molecule has 17 N–H and O–H groups in total. The van der Waals surface area contributed by atoms with Crippen LogP contribution in [-0.2, 0) is 42.8 Å². The molecule has 3 fully saturated rings. The normalized spacial score (nSPS) is 31.5. The van der Waals surface area contributed by atoms with Crippen molar-refractivity contribution in [2.45, 2.75) is 233 Å². The van der Waals surface area contributed by atoms with E-state index in [4.69, 9.17) is 28.4 Å². The molecule has 0 bridgehead atoms. The molecule has 4 rings (SSSR count). The maximum Gasteiger partial charge on any atom is 0.220 e. The third-order valence-corrected chi connectivity index (χ3v) is 13.8. The van der Waals surface area contributed by atoms with Crippen LogP contribution in [0.5, 0.6) is 0 Å². The Morgan fingerprint density at radius 1 is 0.803 bits per heavy atom. The molecule has 4 heterocycles. The van der Waals surface area contributed by atoms with Crippen LogP contribution in [0.25, 0.3) is 6.08 Å². The first-order valence-corrected chi connectivity index (χ1v) is 26.5. The molecule has 25 heteroatoms. The van der Waals surface area contributed by atoms with Gasteiger partial charge in [-0.3, -0.25) is 14.6 Å². The minimum Gasteiger partial charge on any atom is -0.544 e. The van der Waals surface area contributed by atoms with Crippen LogP contribution in [0.15, 0.2) is 30.5 Å². The standard InChI is InChI=1S/C51H85N3O21.H3N/c1-3-4-5-6-7-8-9-10-11-12-13-14-15-16-17-21-38(62)54-32(33(59)23-22-31-20-18-19-24-52-31)29-70-48-43(66)42(65)45(37(28-57)72-48)73-49-44(67)47(41(64)36(27-56)71-49)75-51(50(68)69)25-34(60)39(53-30(2)58)46(74-51)40(63)35(61)26-55;/h18-20,22-24,32-37,39-49,55-57,59-61,63-67H,3-17,21,25-29H2,1-2H3,(H,53,58)(H,54,62)(H,68,69);1H3/b23-22+;/t32-,33+,34-,35+,36+,37+,39?,40+,41-,42+,43+,44+,45+,46?,47-,48+,49-,51-;/m0./s1. The van der Waals surface area contributed by atoms with E-state index in [0.29, 0.717) is 12.1 Å². The number of aromatic nitrogens is 1. The van der Waals surface area contributed by atoms with E-state index < -0.39 is 155 Å². The highest BCUT2D eigenvalue weighted by atomic mass is 16.8. The monoisotopic (exact) mass is 1090 g/mol. The number of unbranched alkanes of at least 4 members (excludes halogenated alkanes) is 14. The highest BCUT2D eigenvalue weighted by Gasteiger charge is 2.58. The van der Waals surface area contributed by atoms with Gasteiger partial charge in [0.05, 0.1) is 56.4 Å². The number of ether oxygens (including phenoxy) is 6. The van der Waals surface area contributed by atoms with Crippen LogP contribution in [0.1, 0.15) is 129 Å². The number of nitrogens with one attached hydrogen (secondary N) is 2. The maximum atomic E-state index is 13.2. The predicted molar refractivity (Wildman–Crippen MR) is 268 cm³/mol. The van der Waals surface area contributed by atoms with Gasteiger partial charge in [0, 0.05) is 26.0 Å². The van der Waals surface area contributed by atoms with Crippen molar-refractivity contribution in [3.8, 4) is 0 Å². The first-order chi connectivity index (χ1) is 35.9. The first-order valence-electron chi connectivity index (χ1n) is 26.5. The Hall–Kier alpha value is -3.42. The summed E-state index contributed by atoms with van der Waals surface area (Å²) in [5.41, 5.74) is 0.510. The Kier molecular flexibility index (Phi) is 30.4. The number of amides is 2. The molecule has 1 aromatic heterocycles. The number of rotatable bonds is 34. The van der Waals surface area contributed by atoms with Gasteiger partial charge in [-0.2, -0.15) is 0 Å². The molecule has 0 saturated carbocycles. The smallest absolute Gasteiger partial charge is 0.220 e. The van der Waals surface area contributed by atoms with Crippen LogP contribution in [0.3, 0.4) is 0 Å². The van der Waals surface area contributed by atoms with Gasteiger partial charge in [-0.1, -0.05) is 109 Å². The van der Waals surface area contributed by atoms with Gasteiger partial charge in [0.25, 0.3) is 0 Å². The van der Waals surface area contributed by atoms with E-state index in [2.05, 4.69) is 22.5 Å². The van der Waals surface area contributed by atoms with Gasteiger partial charge in [0.1, 0.15) is 73.1 Å². The van der Waals surface area contributed by atoms with Gasteiger partial charge in [-0.25, -0.2) is 0 Å². The van der Waals surface area contributed by atoms with E-state index in [1.165, 1.54) is 76.4 Å². The summed E-state index contributed by atoms with van der Waals surface area (Å²) in [7, 11) is 0. The number of hydrogen-bond acceptors (Lipinski definition) is 22. The van der Waals surface area contributed by atoms with Crippen LogP contribution in [0.2, 0.25) is 0 Å². The molecule has 25 nitrogen and oxygen atoms in total. The minimum absolute atomic E-state index is 0. The molecule has 0 aromatic carbocycles. The number of carbonyl (C=O) groups is 3. The summed E-state index contributed by atoms with van der Waals surface area (Å²) in [4.78, 5) is 42.2. The Morgan fingerprint density at radius 2 is 1.39 bits per heavy atom. The fourth-order valence-corrected chi connectivity index (χ4v) is 9.44. The molecule has 76 heavy (non-hydrogen) atoms. The lowest BCUT2D eigenvalue weighted by Crippen LogP contribution is -2.72. The van der Waals surface area contributed by atoms with Crippen LogP contribution in [0, 0.1) is 0 Å². The zero-order valence-electron chi connectivity index (χ0n) is 44.1. The Morgan fingerprint density at radius 3 is 1.93 bits per heavy atom. The van der Waals surface area contributed by atoms with E-state index in [-0.39, 0.29) is 18.5 Å². The summed E-state index contributed by atoms with van der Waals surface area (Å²) >= 11 is 0. The highest BCUT2D eigenvalue weighted by molar-refractivity contribution is 5.76. The van der Waals surface area contributed by atoms with Crippen LogP contribution >= 0.6 is 0 Å². The summed E-state index contributed by atoms with van der Waals surface area (Å²) in [6.45, 7) is -0.294. The molecule has 0 aliphatic carbocycles. The third kappa shape index (κ3) is 20.0. The second-order valence-corrected chi connectivity index (χ2v) is 19.8. The molecule has 2 amide bonds. The Labute approximate surface area is 444 Å². The number of pyridine rings is 1. The van der Waals surface area contributed by atoms with Crippen molar-refractivity contribution in [2.75, 3.05) is 26.4 Å². The van der Waals surface area contributed by atoms with Crippen molar-refractivity contribution in [2.24, 2.45) is 0 Å². The number of aliphatic hydroxyl groups is 11. The number of carbonyl (C=O) groups excluding carboxylic acids is 3. The van der Waals surface area contributed by atoms with Crippen LogP contribution in [0.4, 0.5) is 0 Å². The fraction of sp³-hybridized carbons (Fsp3) is 0.804. The summed E-state index contributed by atoms with van der Waals surface area (Å²) in [5, 5.41) is 137. The zero-order chi connectivity index (χ0) is 55.1. The second kappa shape index (κ2) is 34.6. The van der Waals surface area contributed by atoms with Crippen molar-refractivity contribution >= 4 is 23.9 Å². The molecular formula is C51H88N4O21. The number of carboxylic acids is 1. The molecule has 3 aliphatic rings. The molecule has 2 unspecified atom stereocenters. The lowest BCUT2D eigenvalue weighted by Gasteiger charge is -2.52. The zero-order valence-corrected chi connectivity index (χ0v) is 44.1. The van der Waals surface area contributed by atoms with E-state index >= 15 is 0 Å². The summed E-state index contributed by atoms with van der Waals surface area (Å²) < 4.78 is 34.2. The number of hydrogen-bond donors (Lipinski definition) is 14. The Bertz CT molecular complexity index is 1830. The Balaban J connectivity index is 0.0000152. The number of nitrogens with zero attached hydrogens (tertiary/aromatic N) is 1. The molecule has 3 aliphatic heterocycles. The maximum absolute atomic E-state index is 13.2. The lowest BCUT2D eigenvalue weighted by molar-refractivity contribution is -0.411. The van der Waals surface area contributed by atoms with Gasteiger partial charge in [-0.05, 0) is 24.6 Å². The summed E-state index contributed by atoms with van der Waals surface area (Å²) in [6.07, 6.45) is -8.17. The molecule has 438 valence electrons. The molecule has 0 spiro atoms. The van der Waals surface area contributed by atoms with Crippen molar-refractivity contribution in [3.63, 3.8) is 0 Å². The van der Waals surface area contributed by atoms with Gasteiger partial charge in [0.15, 0.2) is 12.6 Å². The summed E-state index contributed by atoms with van der Waals surface area (Å²) in [6, 6.07) is 2.42. The lowest BCUT2D eigenvalue weighted by atomic mass is 9.88. The van der Waals surface area contributed by atoms with Crippen molar-refractivity contribution in [3.05, 3.63) is 36.2 Å². The first kappa shape index (κ1) is 66.9. The van der Waals surface area contributed by atoms with Crippen molar-refractivity contribution in [1.82, 2.24) is 21.8 Å². The number of aliphatic carboxylic acids is 1. The van der Waals surface area contributed by atoms with Gasteiger partial charge < -0.3 is 111 Å². The van der Waals surface area contributed by atoms with Gasteiger partial charge >= 0.3 is 0 Å². The molecule has 1 aromatic rings. The van der Waals surface area contributed by atoms with Gasteiger partial charge in [0.2, 0.25) is 17.6 Å².